The van der Waals surface area contributed by atoms with Crippen LogP contribution in [0, 0.1) is 6.92 Å². The van der Waals surface area contributed by atoms with E-state index in [9.17, 15) is 4.79 Å². The largest absolute Gasteiger partial charge is 0.497 e. The lowest BCUT2D eigenvalue weighted by Crippen LogP contribution is -2.29. The second-order valence-electron chi connectivity index (χ2n) is 4.97. The zero-order chi connectivity index (χ0) is 15.9. The Kier molecular flexibility index (Phi) is 5.83. The van der Waals surface area contributed by atoms with Crippen molar-refractivity contribution in [2.24, 2.45) is 0 Å². The van der Waals surface area contributed by atoms with Crippen molar-refractivity contribution in [1.82, 2.24) is 5.32 Å². The lowest BCUT2D eigenvalue weighted by atomic mass is 10.1. The van der Waals surface area contributed by atoms with Crippen LogP contribution in [0.3, 0.4) is 0 Å². The molecule has 5 heteroatoms. The molecular weight excluding hydrogens is 344 g/mol. The number of ether oxygens (including phenoxy) is 1. The van der Waals surface area contributed by atoms with E-state index in [0.29, 0.717) is 6.54 Å². The van der Waals surface area contributed by atoms with Crippen molar-refractivity contribution in [2.45, 2.75) is 13.5 Å². The van der Waals surface area contributed by atoms with Crippen LogP contribution in [0.2, 0.25) is 0 Å². The highest BCUT2D eigenvalue weighted by Gasteiger charge is 2.05. The second-order valence-corrected chi connectivity index (χ2v) is 5.82. The van der Waals surface area contributed by atoms with Crippen molar-refractivity contribution < 1.29 is 9.53 Å². The first kappa shape index (κ1) is 16.4. The molecule has 2 aromatic carbocycles. The highest BCUT2D eigenvalue weighted by atomic mass is 79.9. The van der Waals surface area contributed by atoms with Crippen LogP contribution in [-0.4, -0.2) is 19.6 Å². The Morgan fingerprint density at radius 2 is 2.05 bits per heavy atom. The van der Waals surface area contributed by atoms with Crippen LogP contribution in [0.5, 0.6) is 5.75 Å². The lowest BCUT2D eigenvalue weighted by Gasteiger charge is -2.11. The molecular formula is C17H19BrN2O2. The Morgan fingerprint density at radius 3 is 2.77 bits per heavy atom. The fraction of sp³-hybridized carbons (Fsp3) is 0.235. The number of benzene rings is 2. The van der Waals surface area contributed by atoms with E-state index in [-0.39, 0.29) is 12.5 Å². The first-order chi connectivity index (χ1) is 10.6. The highest BCUT2D eigenvalue weighted by molar-refractivity contribution is 9.10. The van der Waals surface area contributed by atoms with Gasteiger partial charge >= 0.3 is 0 Å². The molecule has 0 atom stereocenters. The van der Waals surface area contributed by atoms with Gasteiger partial charge in [0.05, 0.1) is 19.3 Å². The van der Waals surface area contributed by atoms with Crippen LogP contribution in [0.25, 0.3) is 0 Å². The van der Waals surface area contributed by atoms with Crippen molar-refractivity contribution >= 4 is 27.5 Å². The van der Waals surface area contributed by atoms with Crippen LogP contribution >= 0.6 is 15.9 Å². The number of hydrogen-bond donors (Lipinski definition) is 2. The molecule has 0 saturated carbocycles. The maximum atomic E-state index is 11.9. The summed E-state index contributed by atoms with van der Waals surface area (Å²) in [5.74, 6) is 0.682. The van der Waals surface area contributed by atoms with E-state index >= 15 is 0 Å². The third kappa shape index (κ3) is 4.77. The first-order valence-corrected chi connectivity index (χ1v) is 7.77. The number of halogens is 1. The predicted molar refractivity (Wildman–Crippen MR) is 92.2 cm³/mol. The summed E-state index contributed by atoms with van der Waals surface area (Å²) in [7, 11) is 1.61. The summed E-state index contributed by atoms with van der Waals surface area (Å²) in [6.45, 7) is 2.77. The van der Waals surface area contributed by atoms with Gasteiger partial charge in [0, 0.05) is 17.1 Å². The molecule has 0 aliphatic heterocycles. The van der Waals surface area contributed by atoms with Gasteiger partial charge < -0.3 is 15.4 Å². The molecule has 0 fully saturated rings. The highest BCUT2D eigenvalue weighted by Crippen LogP contribution is 2.26. The number of carbonyl (C=O) groups is 1. The summed E-state index contributed by atoms with van der Waals surface area (Å²) in [5.41, 5.74) is 3.10. The molecule has 0 aromatic heterocycles. The fourth-order valence-corrected chi connectivity index (χ4v) is 2.41. The van der Waals surface area contributed by atoms with Gasteiger partial charge in [-0.2, -0.15) is 0 Å². The summed E-state index contributed by atoms with van der Waals surface area (Å²) < 4.78 is 6.06. The maximum absolute atomic E-state index is 11.9. The SMILES string of the molecule is COc1ccc(Br)c(NCC(=O)NCc2cccc(C)c2)c1. The van der Waals surface area contributed by atoms with Gasteiger partial charge in [0.2, 0.25) is 5.91 Å². The van der Waals surface area contributed by atoms with Crippen molar-refractivity contribution in [3.63, 3.8) is 0 Å². The number of hydrogen-bond acceptors (Lipinski definition) is 3. The molecule has 0 heterocycles. The van der Waals surface area contributed by atoms with Gasteiger partial charge in [-0.05, 0) is 40.5 Å². The minimum Gasteiger partial charge on any atom is -0.497 e. The molecule has 116 valence electrons. The van der Waals surface area contributed by atoms with Crippen molar-refractivity contribution in [2.75, 3.05) is 19.0 Å². The number of carbonyl (C=O) groups excluding carboxylic acids is 1. The molecule has 0 unspecified atom stereocenters. The van der Waals surface area contributed by atoms with Gasteiger partial charge in [-0.25, -0.2) is 0 Å². The molecule has 1 amide bonds. The van der Waals surface area contributed by atoms with Crippen molar-refractivity contribution in [3.05, 3.63) is 58.1 Å². The van der Waals surface area contributed by atoms with E-state index in [1.54, 1.807) is 7.11 Å². The fourth-order valence-electron chi connectivity index (χ4n) is 2.03. The summed E-state index contributed by atoms with van der Waals surface area (Å²) in [5, 5.41) is 5.99. The molecule has 0 saturated heterocycles. The van der Waals surface area contributed by atoms with E-state index in [4.69, 9.17) is 4.74 Å². The maximum Gasteiger partial charge on any atom is 0.239 e. The lowest BCUT2D eigenvalue weighted by molar-refractivity contribution is -0.119. The first-order valence-electron chi connectivity index (χ1n) is 6.98. The van der Waals surface area contributed by atoms with Crippen molar-refractivity contribution in [1.29, 1.82) is 0 Å². The Bertz CT molecular complexity index is 659. The van der Waals surface area contributed by atoms with Crippen molar-refractivity contribution in [3.8, 4) is 5.75 Å². The third-order valence-corrected chi connectivity index (χ3v) is 3.88. The number of aryl methyl sites for hydroxylation is 1. The van der Waals surface area contributed by atoms with Gasteiger partial charge in [0.25, 0.3) is 0 Å². The Labute approximate surface area is 139 Å². The normalized spacial score (nSPS) is 10.1. The average molecular weight is 363 g/mol. The predicted octanol–water partition coefficient (Wildman–Crippen LogP) is 3.49. The van der Waals surface area contributed by atoms with Gasteiger partial charge in [0.1, 0.15) is 5.75 Å². The number of methoxy groups -OCH3 is 1. The summed E-state index contributed by atoms with van der Waals surface area (Å²) >= 11 is 3.44. The van der Waals surface area contributed by atoms with Crippen LogP contribution in [0.4, 0.5) is 5.69 Å². The molecule has 0 spiro atoms. The van der Waals surface area contributed by atoms with E-state index in [1.807, 2.05) is 43.3 Å². The standard InChI is InChI=1S/C17H19BrN2O2/c1-12-4-3-5-13(8-12)10-20-17(21)11-19-16-9-14(22-2)6-7-15(16)18/h3-9,19H,10-11H2,1-2H3,(H,20,21). The van der Waals surface area contributed by atoms with E-state index in [2.05, 4.69) is 32.6 Å². The second kappa shape index (κ2) is 7.84. The molecule has 2 aromatic rings. The van der Waals surface area contributed by atoms with Gasteiger partial charge in [0.15, 0.2) is 0 Å². The van der Waals surface area contributed by atoms with E-state index in [1.165, 1.54) is 5.56 Å². The third-order valence-electron chi connectivity index (χ3n) is 3.19. The summed E-state index contributed by atoms with van der Waals surface area (Å²) in [4.78, 5) is 11.9. The Balaban J connectivity index is 1.85. The minimum absolute atomic E-state index is 0.0590. The monoisotopic (exact) mass is 362 g/mol. The van der Waals surface area contributed by atoms with Crippen LogP contribution in [0.1, 0.15) is 11.1 Å². The zero-order valence-corrected chi connectivity index (χ0v) is 14.2. The van der Waals surface area contributed by atoms with E-state index in [0.717, 1.165) is 21.5 Å². The smallest absolute Gasteiger partial charge is 0.239 e. The van der Waals surface area contributed by atoms with Gasteiger partial charge in [-0.1, -0.05) is 29.8 Å². The number of nitrogens with one attached hydrogen (secondary N) is 2. The summed E-state index contributed by atoms with van der Waals surface area (Å²) in [6.07, 6.45) is 0. The van der Waals surface area contributed by atoms with E-state index < -0.39 is 0 Å². The average Bonchev–Trinajstić information content (AvgIpc) is 2.52. The molecule has 22 heavy (non-hydrogen) atoms. The quantitative estimate of drug-likeness (QED) is 0.826. The van der Waals surface area contributed by atoms with Gasteiger partial charge in [-0.3, -0.25) is 4.79 Å². The Hall–Kier alpha value is -2.01. The van der Waals surface area contributed by atoms with Crippen LogP contribution in [-0.2, 0) is 11.3 Å². The Morgan fingerprint density at radius 1 is 1.23 bits per heavy atom. The van der Waals surface area contributed by atoms with Crippen LogP contribution < -0.4 is 15.4 Å². The molecule has 0 aliphatic rings. The molecule has 0 radical (unpaired) electrons. The molecule has 0 aliphatic carbocycles. The number of anilines is 1. The number of amides is 1. The van der Waals surface area contributed by atoms with Crippen LogP contribution in [0.15, 0.2) is 46.9 Å². The topological polar surface area (TPSA) is 50.4 Å². The van der Waals surface area contributed by atoms with Gasteiger partial charge in [-0.15, -0.1) is 0 Å². The zero-order valence-electron chi connectivity index (χ0n) is 12.7. The molecule has 4 nitrogen and oxygen atoms in total. The molecule has 0 bridgehead atoms. The summed E-state index contributed by atoms with van der Waals surface area (Å²) in [6, 6.07) is 13.7. The molecule has 2 rings (SSSR count). The minimum atomic E-state index is -0.0590. The number of rotatable bonds is 6. The molecule has 2 N–H and O–H groups in total.